The van der Waals surface area contributed by atoms with E-state index in [0.29, 0.717) is 11.2 Å². The van der Waals surface area contributed by atoms with Crippen molar-refractivity contribution in [1.29, 1.82) is 0 Å². The van der Waals surface area contributed by atoms with E-state index in [-0.39, 0.29) is 0 Å². The summed E-state index contributed by atoms with van der Waals surface area (Å²) in [6, 6.07) is 5.32. The lowest BCUT2D eigenvalue weighted by atomic mass is 10.3. The van der Waals surface area contributed by atoms with Gasteiger partial charge in [-0.1, -0.05) is 11.3 Å². The van der Waals surface area contributed by atoms with Gasteiger partial charge in [-0.2, -0.15) is 0 Å². The molecule has 0 fully saturated rings. The van der Waals surface area contributed by atoms with E-state index in [1.54, 1.807) is 12.1 Å². The van der Waals surface area contributed by atoms with Crippen molar-refractivity contribution in [1.82, 2.24) is 21.1 Å². The van der Waals surface area contributed by atoms with Gasteiger partial charge in [0.25, 0.3) is 0 Å². The standard InChI is InChI=1S/C6H5N4/c7-4-2-1-3-5-6(4)9-10-8-5/h1-3,7H,(H,8,9,10). The Balaban J connectivity index is 2.95. The van der Waals surface area contributed by atoms with Gasteiger partial charge in [-0.3, -0.25) is 10.8 Å². The zero-order valence-corrected chi connectivity index (χ0v) is 5.13. The van der Waals surface area contributed by atoms with Crippen molar-refractivity contribution >= 4 is 16.7 Å². The number of nitrogens with zero attached hydrogens (tertiary/aromatic N) is 2. The summed E-state index contributed by atoms with van der Waals surface area (Å²) in [6.45, 7) is 0. The highest BCUT2D eigenvalue weighted by molar-refractivity contribution is 5.84. The molecule has 1 heterocycles. The van der Waals surface area contributed by atoms with Gasteiger partial charge >= 0.3 is 0 Å². The first kappa shape index (κ1) is 5.22. The van der Waals surface area contributed by atoms with Crippen LogP contribution in [0.25, 0.3) is 11.0 Å². The summed E-state index contributed by atoms with van der Waals surface area (Å²) in [5.41, 5.74) is 9.21. The number of rotatable bonds is 0. The molecular formula is C6H5N4. The van der Waals surface area contributed by atoms with E-state index in [9.17, 15) is 0 Å². The third kappa shape index (κ3) is 0.556. The van der Waals surface area contributed by atoms with Gasteiger partial charge in [0.15, 0.2) is 0 Å². The molecule has 0 aliphatic carbocycles. The van der Waals surface area contributed by atoms with Crippen LogP contribution in [0.15, 0.2) is 18.2 Å². The fourth-order valence-corrected chi connectivity index (χ4v) is 0.870. The normalized spacial score (nSPS) is 10.4. The Hall–Kier alpha value is -1.58. The van der Waals surface area contributed by atoms with Crippen LogP contribution in [0.5, 0.6) is 0 Å². The molecule has 0 atom stereocenters. The van der Waals surface area contributed by atoms with Crippen molar-refractivity contribution in [2.75, 3.05) is 0 Å². The molecule has 0 saturated heterocycles. The number of aromatic amines is 1. The van der Waals surface area contributed by atoms with E-state index in [1.807, 2.05) is 6.07 Å². The quantitative estimate of drug-likeness (QED) is 0.579. The van der Waals surface area contributed by atoms with Crippen LogP contribution in [0.2, 0.25) is 0 Å². The summed E-state index contributed by atoms with van der Waals surface area (Å²) in [6.07, 6.45) is 0. The van der Waals surface area contributed by atoms with Gasteiger partial charge in [-0.05, 0) is 12.1 Å². The first-order chi connectivity index (χ1) is 4.88. The molecule has 0 spiro atoms. The maximum atomic E-state index is 7.36. The molecule has 0 bridgehead atoms. The summed E-state index contributed by atoms with van der Waals surface area (Å²) in [4.78, 5) is 0. The Morgan fingerprint density at radius 3 is 3.10 bits per heavy atom. The smallest absolute Gasteiger partial charge is 0.137 e. The van der Waals surface area contributed by atoms with E-state index in [0.717, 1.165) is 5.52 Å². The van der Waals surface area contributed by atoms with Crippen molar-refractivity contribution in [3.63, 3.8) is 0 Å². The summed E-state index contributed by atoms with van der Waals surface area (Å²) >= 11 is 0. The van der Waals surface area contributed by atoms with Gasteiger partial charge in [0.2, 0.25) is 0 Å². The van der Waals surface area contributed by atoms with Crippen molar-refractivity contribution in [3.05, 3.63) is 18.2 Å². The van der Waals surface area contributed by atoms with E-state index in [4.69, 9.17) is 5.73 Å². The van der Waals surface area contributed by atoms with Crippen LogP contribution in [0.1, 0.15) is 0 Å². The molecule has 0 aliphatic rings. The highest BCUT2D eigenvalue weighted by Crippen LogP contribution is 2.15. The van der Waals surface area contributed by atoms with Crippen molar-refractivity contribution in [2.24, 2.45) is 0 Å². The van der Waals surface area contributed by atoms with Gasteiger partial charge in [0.1, 0.15) is 5.52 Å². The number of nitrogens with one attached hydrogen (secondary N) is 2. The molecule has 0 saturated carbocycles. The Morgan fingerprint density at radius 1 is 1.40 bits per heavy atom. The Bertz CT molecular complexity index is 351. The van der Waals surface area contributed by atoms with Crippen molar-refractivity contribution in [3.8, 4) is 0 Å². The monoisotopic (exact) mass is 133 g/mol. The number of aromatic nitrogens is 3. The lowest BCUT2D eigenvalue weighted by Crippen LogP contribution is -1.72. The van der Waals surface area contributed by atoms with E-state index >= 15 is 0 Å². The second kappa shape index (κ2) is 1.70. The van der Waals surface area contributed by atoms with E-state index in [2.05, 4.69) is 15.4 Å². The highest BCUT2D eigenvalue weighted by Gasteiger charge is 1.98. The number of H-pyrrole nitrogens is 1. The minimum Gasteiger partial charge on any atom is -0.298 e. The molecule has 0 aliphatic heterocycles. The molecule has 1 aromatic carbocycles. The van der Waals surface area contributed by atoms with Crippen LogP contribution >= 0.6 is 0 Å². The van der Waals surface area contributed by atoms with Crippen LogP contribution < -0.4 is 5.73 Å². The first-order valence-corrected chi connectivity index (χ1v) is 2.89. The third-order valence-electron chi connectivity index (χ3n) is 1.36. The lowest BCUT2D eigenvalue weighted by Gasteiger charge is -1.87. The topological polar surface area (TPSA) is 65.4 Å². The van der Waals surface area contributed by atoms with Gasteiger partial charge in [0, 0.05) is 0 Å². The summed E-state index contributed by atoms with van der Waals surface area (Å²) in [5.74, 6) is 0. The molecular weight excluding hydrogens is 128 g/mol. The zero-order chi connectivity index (χ0) is 6.97. The van der Waals surface area contributed by atoms with Crippen molar-refractivity contribution < 1.29 is 0 Å². The summed E-state index contributed by atoms with van der Waals surface area (Å²) < 4.78 is 0. The molecule has 2 aromatic rings. The Morgan fingerprint density at radius 2 is 2.30 bits per heavy atom. The first-order valence-electron chi connectivity index (χ1n) is 2.89. The van der Waals surface area contributed by atoms with E-state index in [1.165, 1.54) is 0 Å². The number of benzene rings is 1. The molecule has 4 nitrogen and oxygen atoms in total. The average Bonchev–Trinajstić information content (AvgIpc) is 2.36. The molecule has 2 N–H and O–H groups in total. The highest BCUT2D eigenvalue weighted by atomic mass is 15.3. The fourth-order valence-electron chi connectivity index (χ4n) is 0.870. The van der Waals surface area contributed by atoms with Crippen LogP contribution in [0.4, 0.5) is 5.69 Å². The number of fused-ring (bicyclic) bond motifs is 1. The molecule has 49 valence electrons. The predicted molar refractivity (Wildman–Crippen MR) is 36.6 cm³/mol. The largest absolute Gasteiger partial charge is 0.298 e. The molecule has 1 radical (unpaired) electrons. The molecule has 4 heteroatoms. The van der Waals surface area contributed by atoms with E-state index < -0.39 is 0 Å². The van der Waals surface area contributed by atoms with Crippen molar-refractivity contribution in [2.45, 2.75) is 0 Å². The Kier molecular flexibility index (Phi) is 0.887. The number of hydrogen-bond donors (Lipinski definition) is 1. The van der Waals surface area contributed by atoms with Crippen LogP contribution in [0, 0.1) is 0 Å². The predicted octanol–water partition coefficient (Wildman–Crippen LogP) is 0.872. The summed E-state index contributed by atoms with van der Waals surface area (Å²) in [7, 11) is 0. The maximum Gasteiger partial charge on any atom is 0.137 e. The second-order valence-corrected chi connectivity index (χ2v) is 2.01. The lowest BCUT2D eigenvalue weighted by molar-refractivity contribution is 0.959. The Labute approximate surface area is 57.0 Å². The fraction of sp³-hybridized carbons (Fsp3) is 0. The van der Waals surface area contributed by atoms with Gasteiger partial charge < -0.3 is 0 Å². The SMILES string of the molecule is [NH]c1cccc2[nH]nnc12. The minimum absolute atomic E-state index is 0.409. The molecule has 2 rings (SSSR count). The zero-order valence-electron chi connectivity index (χ0n) is 5.13. The van der Waals surface area contributed by atoms with Gasteiger partial charge in [0.05, 0.1) is 11.2 Å². The maximum absolute atomic E-state index is 7.36. The van der Waals surface area contributed by atoms with Gasteiger partial charge in [-0.15, -0.1) is 5.10 Å². The molecule has 1 aromatic heterocycles. The van der Waals surface area contributed by atoms with Crippen LogP contribution in [0.3, 0.4) is 0 Å². The summed E-state index contributed by atoms with van der Waals surface area (Å²) in [5, 5.41) is 9.97. The minimum atomic E-state index is 0.409. The third-order valence-corrected chi connectivity index (χ3v) is 1.36. The molecule has 0 unspecified atom stereocenters. The second-order valence-electron chi connectivity index (χ2n) is 2.01. The average molecular weight is 133 g/mol. The molecule has 10 heavy (non-hydrogen) atoms. The van der Waals surface area contributed by atoms with Crippen LogP contribution in [-0.2, 0) is 0 Å². The van der Waals surface area contributed by atoms with Crippen LogP contribution in [-0.4, -0.2) is 15.4 Å². The van der Waals surface area contributed by atoms with Gasteiger partial charge in [-0.25, -0.2) is 0 Å². The number of hydrogen-bond acceptors (Lipinski definition) is 2. The molecule has 0 amide bonds.